The van der Waals surface area contributed by atoms with Crippen LogP contribution in [-0.2, 0) is 5.41 Å². The molecule has 5 heteroatoms. The van der Waals surface area contributed by atoms with E-state index in [1.54, 1.807) is 0 Å². The van der Waals surface area contributed by atoms with Crippen LogP contribution in [0.15, 0.2) is 70.2 Å². The van der Waals surface area contributed by atoms with Gasteiger partial charge in [0.1, 0.15) is 0 Å². The number of hydrogen-bond acceptors (Lipinski definition) is 4. The molecule has 1 aromatic rings. The molecule has 2 aliphatic rings. The molecule has 40 heavy (non-hydrogen) atoms. The zero-order valence-corrected chi connectivity index (χ0v) is 26.4. The first-order valence-corrected chi connectivity index (χ1v) is 16.1. The van der Waals surface area contributed by atoms with Crippen molar-refractivity contribution >= 4 is 27.5 Å². The van der Waals surface area contributed by atoms with Crippen LogP contribution < -0.4 is 10.7 Å². The number of allylic oxidation sites excluding steroid dienone is 8. The zero-order valence-electron chi connectivity index (χ0n) is 25.4. The average molecular weight is 555 g/mol. The van der Waals surface area contributed by atoms with Crippen LogP contribution in [0.25, 0.3) is 12.7 Å². The molecular formula is C35H47N4P. The van der Waals surface area contributed by atoms with Crippen molar-refractivity contribution in [1.82, 2.24) is 14.9 Å². The van der Waals surface area contributed by atoms with E-state index in [1.807, 2.05) is 19.5 Å². The highest BCUT2D eigenvalue weighted by atomic mass is 31.1. The predicted octanol–water partition coefficient (Wildman–Crippen LogP) is 6.11. The third-order valence-corrected chi connectivity index (χ3v) is 8.54. The van der Waals surface area contributed by atoms with Crippen molar-refractivity contribution in [3.63, 3.8) is 0 Å². The first-order valence-electron chi connectivity index (χ1n) is 14.6. The van der Waals surface area contributed by atoms with E-state index in [2.05, 4.69) is 111 Å². The minimum absolute atomic E-state index is 0.361. The molecule has 4 unspecified atom stereocenters. The molecule has 4 nitrogen and oxygen atoms in total. The first kappa shape index (κ1) is 31.7. The lowest BCUT2D eigenvalue weighted by atomic mass is 9.86. The molecule has 0 spiro atoms. The summed E-state index contributed by atoms with van der Waals surface area (Å²) in [5, 5.41) is 2.91. The maximum absolute atomic E-state index is 5.15. The number of aromatic nitrogens is 2. The molecule has 2 aliphatic carbocycles. The third-order valence-electron chi connectivity index (χ3n) is 7.66. The van der Waals surface area contributed by atoms with E-state index in [0.29, 0.717) is 17.3 Å². The molecule has 0 radical (unpaired) electrons. The molecule has 0 saturated carbocycles. The standard InChI is InChI=1S/C35H47N4P/c1-8-28-16-15-17-30(22-32(21-28)40-7)20-29(9-2)23-33-27(4)37-24-34(38-33)35(5,25-36-6)26-39(10-3)31-18-13-11-12-14-19-31/h9,11,13-14,19,21-25,28,31,40H,4,8,10,12,17-18,20,26H2,1-3,5-7H3/b29-9-,30-22+,32-21+,33-23+,36-25-. The Kier molecular flexibility index (Phi) is 12.5. The van der Waals surface area contributed by atoms with Gasteiger partial charge in [-0.1, -0.05) is 89.0 Å². The molecule has 1 aromatic heterocycles. The summed E-state index contributed by atoms with van der Waals surface area (Å²) in [4.78, 5) is 16.8. The van der Waals surface area contributed by atoms with Crippen LogP contribution >= 0.6 is 8.58 Å². The van der Waals surface area contributed by atoms with Gasteiger partial charge in [-0.25, -0.2) is 4.98 Å². The fourth-order valence-corrected chi connectivity index (χ4v) is 5.93. The Balaban J connectivity index is 1.94. The quantitative estimate of drug-likeness (QED) is 0.143. The molecule has 0 aromatic carbocycles. The van der Waals surface area contributed by atoms with Gasteiger partial charge in [-0.05, 0) is 69.7 Å². The van der Waals surface area contributed by atoms with E-state index in [0.717, 1.165) is 64.8 Å². The minimum Gasteiger partial charge on any atom is -0.300 e. The van der Waals surface area contributed by atoms with Crippen LogP contribution in [0, 0.1) is 17.8 Å². The molecule has 0 N–H and O–H groups in total. The van der Waals surface area contributed by atoms with Crippen molar-refractivity contribution in [2.24, 2.45) is 10.9 Å². The van der Waals surface area contributed by atoms with Crippen LogP contribution in [0.1, 0.15) is 65.5 Å². The van der Waals surface area contributed by atoms with E-state index < -0.39 is 0 Å². The summed E-state index contributed by atoms with van der Waals surface area (Å²) in [6, 6.07) is 0.365. The Bertz CT molecular complexity index is 1370. The van der Waals surface area contributed by atoms with Crippen LogP contribution in [0.3, 0.4) is 0 Å². The summed E-state index contributed by atoms with van der Waals surface area (Å²) >= 11 is 0. The Morgan fingerprint density at radius 2 is 2.12 bits per heavy atom. The van der Waals surface area contributed by atoms with Crippen molar-refractivity contribution in [3.8, 4) is 11.8 Å². The Hall–Kier alpha value is -2.86. The highest BCUT2D eigenvalue weighted by Crippen LogP contribution is 2.29. The summed E-state index contributed by atoms with van der Waals surface area (Å²) in [6.07, 6.45) is 26.8. The predicted molar refractivity (Wildman–Crippen MR) is 177 cm³/mol. The largest absolute Gasteiger partial charge is 0.300 e. The summed E-state index contributed by atoms with van der Waals surface area (Å²) in [5.74, 6) is 7.23. The number of nitrogens with zero attached hydrogens (tertiary/aromatic N) is 4. The van der Waals surface area contributed by atoms with E-state index in [9.17, 15) is 0 Å². The number of hydrogen-bond donors (Lipinski definition) is 0. The van der Waals surface area contributed by atoms with Crippen molar-refractivity contribution in [1.29, 1.82) is 0 Å². The molecule has 0 saturated heterocycles. The summed E-state index contributed by atoms with van der Waals surface area (Å²) in [7, 11) is 2.60. The van der Waals surface area contributed by atoms with Crippen LogP contribution in [0.2, 0.25) is 0 Å². The first-order chi connectivity index (χ1) is 19.3. The average Bonchev–Trinajstić information content (AvgIpc) is 3.23. The molecule has 0 aliphatic heterocycles. The van der Waals surface area contributed by atoms with Crippen molar-refractivity contribution in [2.75, 3.05) is 26.8 Å². The second-order valence-electron chi connectivity index (χ2n) is 10.8. The zero-order chi connectivity index (χ0) is 29.0. The van der Waals surface area contributed by atoms with Crippen LogP contribution in [0.4, 0.5) is 0 Å². The van der Waals surface area contributed by atoms with Gasteiger partial charge in [0, 0.05) is 38.2 Å². The molecule has 212 valence electrons. The maximum atomic E-state index is 5.15. The van der Waals surface area contributed by atoms with Gasteiger partial charge in [0.05, 0.1) is 28.0 Å². The normalized spacial score (nSPS) is 24.7. The lowest BCUT2D eigenvalue weighted by molar-refractivity contribution is 0.214. The van der Waals surface area contributed by atoms with E-state index in [1.165, 1.54) is 16.5 Å². The van der Waals surface area contributed by atoms with Crippen molar-refractivity contribution in [3.05, 3.63) is 81.6 Å². The van der Waals surface area contributed by atoms with Crippen LogP contribution in [-0.4, -0.2) is 53.9 Å². The second-order valence-corrected chi connectivity index (χ2v) is 11.8. The van der Waals surface area contributed by atoms with Gasteiger partial charge in [-0.3, -0.25) is 14.9 Å². The minimum atomic E-state index is -0.386. The molecule has 0 amide bonds. The van der Waals surface area contributed by atoms with E-state index in [-0.39, 0.29) is 5.41 Å². The van der Waals surface area contributed by atoms with Crippen molar-refractivity contribution < 1.29 is 0 Å². The molecule has 1 heterocycles. The Morgan fingerprint density at radius 3 is 2.83 bits per heavy atom. The molecule has 0 fully saturated rings. The number of aliphatic imine (C=N–C) groups is 1. The van der Waals surface area contributed by atoms with Crippen molar-refractivity contribution in [2.45, 2.75) is 71.3 Å². The summed E-state index contributed by atoms with van der Waals surface area (Å²) in [6.45, 7) is 17.0. The fourth-order valence-electron chi connectivity index (χ4n) is 5.21. The third kappa shape index (κ3) is 8.82. The SMILES string of the molecule is C=c1ncc(C(C)(/C=N\C)CN(CC)C2C=CCC=CC2)n/c1=C/C(=C\C)C/C1=C/C(PC)=C\C(CC)C#CC1. The molecule has 4 atom stereocenters. The molecular weight excluding hydrogens is 507 g/mol. The topological polar surface area (TPSA) is 41.4 Å². The van der Waals surface area contributed by atoms with Gasteiger partial charge in [0.2, 0.25) is 0 Å². The highest BCUT2D eigenvalue weighted by molar-refractivity contribution is 7.42. The number of likely N-dealkylation sites (N-methyl/N-ethyl adjacent to an activating group) is 1. The van der Waals surface area contributed by atoms with Crippen LogP contribution in [0.5, 0.6) is 0 Å². The lowest BCUT2D eigenvalue weighted by Gasteiger charge is -2.35. The molecule has 3 rings (SSSR count). The molecule has 0 bridgehead atoms. The van der Waals surface area contributed by atoms with Gasteiger partial charge in [-0.15, -0.1) is 0 Å². The fraction of sp³-hybridized carbons (Fsp3) is 0.457. The monoisotopic (exact) mass is 554 g/mol. The maximum Gasteiger partial charge on any atom is 0.0887 e. The Morgan fingerprint density at radius 1 is 1.30 bits per heavy atom. The van der Waals surface area contributed by atoms with E-state index in [4.69, 9.17) is 9.97 Å². The summed E-state index contributed by atoms with van der Waals surface area (Å²) in [5.41, 5.74) is 3.07. The summed E-state index contributed by atoms with van der Waals surface area (Å²) < 4.78 is 0. The van der Waals surface area contributed by atoms with E-state index >= 15 is 0 Å². The Labute approximate surface area is 244 Å². The van der Waals surface area contributed by atoms with Gasteiger partial charge < -0.3 is 0 Å². The second kappa shape index (κ2) is 15.8. The van der Waals surface area contributed by atoms with Gasteiger partial charge in [-0.2, -0.15) is 0 Å². The lowest BCUT2D eigenvalue weighted by Crippen LogP contribution is -2.46. The number of rotatable bonds is 11. The van der Waals surface area contributed by atoms with Gasteiger partial charge in [0.25, 0.3) is 0 Å². The van der Waals surface area contributed by atoms with Gasteiger partial charge >= 0.3 is 0 Å². The smallest absolute Gasteiger partial charge is 0.0887 e. The van der Waals surface area contributed by atoms with Gasteiger partial charge in [0.15, 0.2) is 0 Å². The highest BCUT2D eigenvalue weighted by Gasteiger charge is 2.31.